The number of nitrogens with one attached hydrogen (secondary N) is 3. The van der Waals surface area contributed by atoms with E-state index < -0.39 is 5.91 Å². The topological polar surface area (TPSA) is 87.3 Å². The third-order valence-corrected chi connectivity index (χ3v) is 6.17. The Balaban J connectivity index is 1.48. The fourth-order valence-corrected chi connectivity index (χ4v) is 4.71. The van der Waals surface area contributed by atoms with Gasteiger partial charge in [0.05, 0.1) is 11.4 Å². The molecule has 1 aliphatic carbocycles. The second-order valence-electron chi connectivity index (χ2n) is 7.53. The first-order chi connectivity index (χ1) is 13.9. The molecule has 3 amide bonds. The van der Waals surface area contributed by atoms with Crippen molar-refractivity contribution >= 4 is 29.1 Å². The van der Waals surface area contributed by atoms with Crippen LogP contribution in [-0.4, -0.2) is 24.3 Å². The van der Waals surface area contributed by atoms with E-state index >= 15 is 0 Å². The van der Waals surface area contributed by atoms with Crippen LogP contribution in [0.1, 0.15) is 67.3 Å². The van der Waals surface area contributed by atoms with Crippen LogP contribution < -0.4 is 16.2 Å². The van der Waals surface area contributed by atoms with Crippen molar-refractivity contribution in [2.24, 2.45) is 0 Å². The maximum atomic E-state index is 12.4. The molecule has 0 atom stereocenters. The highest BCUT2D eigenvalue weighted by Crippen LogP contribution is 2.28. The zero-order valence-electron chi connectivity index (χ0n) is 16.9. The molecule has 1 heterocycles. The van der Waals surface area contributed by atoms with E-state index in [1.165, 1.54) is 34.6 Å². The standard InChI is InChI=1S/C22H27N3O3S/c1-14-9-15(2)11-17(10-14)21(27)23-13-20(26)24-25-22(28)19-12-16-7-5-3-4-6-8-18(16)29-19/h9-12H,3-8,13H2,1-2H3,(H,23,27)(H,24,26)(H,25,28). The van der Waals surface area contributed by atoms with Crippen molar-refractivity contribution in [2.75, 3.05) is 6.54 Å². The highest BCUT2D eigenvalue weighted by atomic mass is 32.1. The Bertz CT molecular complexity index is 874. The number of hydrogen-bond acceptors (Lipinski definition) is 4. The van der Waals surface area contributed by atoms with Crippen LogP contribution in [-0.2, 0) is 17.6 Å². The molecule has 0 fully saturated rings. The largest absolute Gasteiger partial charge is 0.343 e. The van der Waals surface area contributed by atoms with Gasteiger partial charge < -0.3 is 5.32 Å². The molecule has 1 aromatic heterocycles. The summed E-state index contributed by atoms with van der Waals surface area (Å²) in [6.07, 6.45) is 6.82. The van der Waals surface area contributed by atoms with Crippen LogP contribution in [0.2, 0.25) is 0 Å². The highest BCUT2D eigenvalue weighted by molar-refractivity contribution is 7.14. The van der Waals surface area contributed by atoms with Crippen molar-refractivity contribution in [3.05, 3.63) is 56.3 Å². The Kier molecular flexibility index (Phi) is 7.04. The summed E-state index contributed by atoms with van der Waals surface area (Å²) in [6, 6.07) is 7.45. The monoisotopic (exact) mass is 413 g/mol. The predicted octanol–water partition coefficient (Wildman–Crippen LogP) is 3.21. The molecule has 3 N–H and O–H groups in total. The molecular weight excluding hydrogens is 386 g/mol. The zero-order valence-corrected chi connectivity index (χ0v) is 17.7. The van der Waals surface area contributed by atoms with E-state index in [1.807, 2.05) is 26.0 Å². The van der Waals surface area contributed by atoms with E-state index in [2.05, 4.69) is 16.2 Å². The summed E-state index contributed by atoms with van der Waals surface area (Å²) < 4.78 is 0. The van der Waals surface area contributed by atoms with E-state index in [0.717, 1.165) is 36.8 Å². The smallest absolute Gasteiger partial charge is 0.279 e. The summed E-state index contributed by atoms with van der Waals surface area (Å²) in [5.74, 6) is -1.13. The van der Waals surface area contributed by atoms with Gasteiger partial charge in [0.1, 0.15) is 0 Å². The lowest BCUT2D eigenvalue weighted by Crippen LogP contribution is -2.46. The summed E-state index contributed by atoms with van der Waals surface area (Å²) in [5, 5.41) is 2.57. The van der Waals surface area contributed by atoms with E-state index in [0.29, 0.717) is 10.4 Å². The number of benzene rings is 1. The lowest BCUT2D eigenvalue weighted by Gasteiger charge is -2.08. The molecule has 29 heavy (non-hydrogen) atoms. The van der Waals surface area contributed by atoms with Gasteiger partial charge in [-0.25, -0.2) is 0 Å². The number of aryl methyl sites for hydroxylation is 4. The van der Waals surface area contributed by atoms with Crippen LogP contribution >= 0.6 is 11.3 Å². The lowest BCUT2D eigenvalue weighted by molar-refractivity contribution is -0.120. The molecule has 0 unspecified atom stereocenters. The van der Waals surface area contributed by atoms with Gasteiger partial charge in [-0.3, -0.25) is 25.2 Å². The molecule has 0 saturated heterocycles. The van der Waals surface area contributed by atoms with Crippen LogP contribution in [0.5, 0.6) is 0 Å². The molecule has 1 aliphatic rings. The summed E-state index contributed by atoms with van der Waals surface area (Å²) in [6.45, 7) is 3.61. The molecule has 154 valence electrons. The van der Waals surface area contributed by atoms with E-state index in [4.69, 9.17) is 0 Å². The van der Waals surface area contributed by atoms with Crippen LogP contribution in [0.3, 0.4) is 0 Å². The van der Waals surface area contributed by atoms with Gasteiger partial charge in [-0.2, -0.15) is 0 Å². The molecule has 0 radical (unpaired) electrons. The third-order valence-electron chi connectivity index (χ3n) is 4.93. The van der Waals surface area contributed by atoms with Gasteiger partial charge in [-0.1, -0.05) is 30.0 Å². The number of amides is 3. The Morgan fingerprint density at radius 3 is 2.28 bits per heavy atom. The number of hydrogen-bond donors (Lipinski definition) is 3. The maximum Gasteiger partial charge on any atom is 0.279 e. The second kappa shape index (κ2) is 9.69. The van der Waals surface area contributed by atoms with Crippen molar-refractivity contribution in [1.82, 2.24) is 16.2 Å². The molecule has 0 saturated carbocycles. The van der Waals surface area contributed by atoms with Gasteiger partial charge in [-0.15, -0.1) is 11.3 Å². The fourth-order valence-electron chi connectivity index (χ4n) is 3.56. The van der Waals surface area contributed by atoms with Gasteiger partial charge in [0.25, 0.3) is 17.7 Å². The summed E-state index contributed by atoms with van der Waals surface area (Å²) in [5.41, 5.74) is 8.54. The number of fused-ring (bicyclic) bond motifs is 1. The Hall–Kier alpha value is -2.67. The summed E-state index contributed by atoms with van der Waals surface area (Å²) >= 11 is 1.50. The first-order valence-electron chi connectivity index (χ1n) is 9.99. The number of rotatable bonds is 4. The molecule has 3 rings (SSSR count). The normalized spacial score (nSPS) is 13.6. The SMILES string of the molecule is Cc1cc(C)cc(C(=O)NCC(=O)NNC(=O)c2cc3c(s2)CCCCCC3)c1. The molecule has 7 heteroatoms. The molecular formula is C22H27N3O3S. The first kappa shape index (κ1) is 21.0. The van der Waals surface area contributed by atoms with Crippen LogP contribution in [0.25, 0.3) is 0 Å². The van der Waals surface area contributed by atoms with Gasteiger partial charge in [0.15, 0.2) is 0 Å². The Morgan fingerprint density at radius 2 is 1.55 bits per heavy atom. The Morgan fingerprint density at radius 1 is 0.862 bits per heavy atom. The number of carbonyl (C=O) groups is 3. The highest BCUT2D eigenvalue weighted by Gasteiger charge is 2.16. The minimum absolute atomic E-state index is 0.215. The first-order valence-corrected chi connectivity index (χ1v) is 10.8. The minimum Gasteiger partial charge on any atom is -0.343 e. The van der Waals surface area contributed by atoms with Crippen LogP contribution in [0, 0.1) is 13.8 Å². The number of hydrazine groups is 1. The third kappa shape index (κ3) is 5.90. The van der Waals surface area contributed by atoms with Gasteiger partial charge in [-0.05, 0) is 63.3 Å². The average Bonchev–Trinajstić information content (AvgIpc) is 3.05. The average molecular weight is 414 g/mol. The van der Waals surface area contributed by atoms with Crippen molar-refractivity contribution in [3.8, 4) is 0 Å². The molecule has 0 spiro atoms. The molecule has 1 aromatic carbocycles. The summed E-state index contributed by atoms with van der Waals surface area (Å²) in [4.78, 5) is 38.5. The van der Waals surface area contributed by atoms with Crippen molar-refractivity contribution < 1.29 is 14.4 Å². The molecule has 6 nitrogen and oxygen atoms in total. The van der Waals surface area contributed by atoms with Crippen LogP contribution in [0.4, 0.5) is 0 Å². The van der Waals surface area contributed by atoms with E-state index in [1.54, 1.807) is 12.1 Å². The van der Waals surface area contributed by atoms with E-state index in [-0.39, 0.29) is 18.4 Å². The predicted molar refractivity (Wildman–Crippen MR) is 114 cm³/mol. The van der Waals surface area contributed by atoms with Crippen molar-refractivity contribution in [2.45, 2.75) is 52.4 Å². The van der Waals surface area contributed by atoms with Gasteiger partial charge in [0, 0.05) is 10.4 Å². The molecule has 0 aliphatic heterocycles. The summed E-state index contributed by atoms with van der Waals surface area (Å²) in [7, 11) is 0. The Labute approximate surface area is 175 Å². The zero-order chi connectivity index (χ0) is 20.8. The molecule has 2 aromatic rings. The lowest BCUT2D eigenvalue weighted by atomic mass is 10.00. The van der Waals surface area contributed by atoms with Gasteiger partial charge >= 0.3 is 0 Å². The van der Waals surface area contributed by atoms with Gasteiger partial charge in [0.2, 0.25) is 0 Å². The van der Waals surface area contributed by atoms with E-state index in [9.17, 15) is 14.4 Å². The second-order valence-corrected chi connectivity index (χ2v) is 8.67. The maximum absolute atomic E-state index is 12.4. The molecule has 0 bridgehead atoms. The number of thiophene rings is 1. The van der Waals surface area contributed by atoms with Crippen LogP contribution in [0.15, 0.2) is 24.3 Å². The minimum atomic E-state index is -0.481. The van der Waals surface area contributed by atoms with Crippen molar-refractivity contribution in [3.63, 3.8) is 0 Å². The van der Waals surface area contributed by atoms with Crippen molar-refractivity contribution in [1.29, 1.82) is 0 Å². The fraction of sp³-hybridized carbons (Fsp3) is 0.409. The number of carbonyl (C=O) groups excluding carboxylic acids is 3. The quantitative estimate of drug-likeness (QED) is 0.673.